The summed E-state index contributed by atoms with van der Waals surface area (Å²) in [7, 11) is 2.07. The van der Waals surface area contributed by atoms with Gasteiger partial charge in [0.15, 0.2) is 0 Å². The third kappa shape index (κ3) is 4.46. The van der Waals surface area contributed by atoms with E-state index in [1.165, 1.54) is 51.5 Å². The third-order valence-corrected chi connectivity index (χ3v) is 4.84. The van der Waals surface area contributed by atoms with Crippen LogP contribution >= 0.6 is 0 Å². The predicted molar refractivity (Wildman–Crippen MR) is 76.4 cm³/mol. The summed E-state index contributed by atoms with van der Waals surface area (Å²) in [5.41, 5.74) is 0. The Morgan fingerprint density at radius 3 is 2.53 bits per heavy atom. The molecule has 1 N–H and O–H groups in total. The average Bonchev–Trinajstić information content (AvgIpc) is 2.72. The SMILES string of the molecule is CN(CCC(=O)O)C1CCN(C2CCCCCC2)C1. The molecule has 1 saturated carbocycles. The number of hydrogen-bond donors (Lipinski definition) is 1. The zero-order valence-electron chi connectivity index (χ0n) is 12.2. The molecule has 2 rings (SSSR count). The lowest BCUT2D eigenvalue weighted by atomic mass is 10.1. The normalized spacial score (nSPS) is 26.7. The summed E-state index contributed by atoms with van der Waals surface area (Å²) in [6.45, 7) is 3.02. The first kappa shape index (κ1) is 14.8. The standard InChI is InChI=1S/C15H28N2O2/c1-16(10-9-15(18)19)14-8-11-17(12-14)13-6-4-2-3-5-7-13/h13-14H,2-12H2,1H3,(H,18,19). The number of rotatable bonds is 5. The third-order valence-electron chi connectivity index (χ3n) is 4.84. The molecule has 0 radical (unpaired) electrons. The highest BCUT2D eigenvalue weighted by Gasteiger charge is 2.30. The van der Waals surface area contributed by atoms with Gasteiger partial charge in [0.1, 0.15) is 0 Å². The molecule has 4 heteroatoms. The molecule has 0 amide bonds. The lowest BCUT2D eigenvalue weighted by Gasteiger charge is -2.28. The van der Waals surface area contributed by atoms with Crippen molar-refractivity contribution in [2.45, 2.75) is 63.5 Å². The van der Waals surface area contributed by atoms with Crippen LogP contribution in [0.3, 0.4) is 0 Å². The molecule has 2 aliphatic rings. The molecule has 1 aliphatic heterocycles. The van der Waals surface area contributed by atoms with Gasteiger partial charge in [-0.1, -0.05) is 25.7 Å². The van der Waals surface area contributed by atoms with E-state index in [9.17, 15) is 4.79 Å². The molecule has 1 saturated heterocycles. The highest BCUT2D eigenvalue weighted by Crippen LogP contribution is 2.26. The average molecular weight is 268 g/mol. The second-order valence-corrected chi connectivity index (χ2v) is 6.21. The van der Waals surface area contributed by atoms with Crippen molar-refractivity contribution in [2.24, 2.45) is 0 Å². The van der Waals surface area contributed by atoms with Crippen molar-refractivity contribution in [3.63, 3.8) is 0 Å². The number of nitrogens with zero attached hydrogens (tertiary/aromatic N) is 2. The van der Waals surface area contributed by atoms with Crippen LogP contribution in [-0.2, 0) is 4.79 Å². The Balaban J connectivity index is 1.76. The fraction of sp³-hybridized carbons (Fsp3) is 0.933. The Hall–Kier alpha value is -0.610. The minimum Gasteiger partial charge on any atom is -0.481 e. The molecule has 19 heavy (non-hydrogen) atoms. The van der Waals surface area contributed by atoms with E-state index < -0.39 is 5.97 Å². The Bertz CT molecular complexity index is 288. The maximum absolute atomic E-state index is 10.6. The van der Waals surface area contributed by atoms with Crippen molar-refractivity contribution in [2.75, 3.05) is 26.7 Å². The number of aliphatic carboxylic acids is 1. The van der Waals surface area contributed by atoms with Crippen LogP contribution in [0.15, 0.2) is 0 Å². The Kier molecular flexibility index (Phi) is 5.64. The van der Waals surface area contributed by atoms with E-state index in [0.717, 1.165) is 12.6 Å². The van der Waals surface area contributed by atoms with Crippen molar-refractivity contribution >= 4 is 5.97 Å². The Labute approximate surface area is 116 Å². The lowest BCUT2D eigenvalue weighted by molar-refractivity contribution is -0.137. The summed E-state index contributed by atoms with van der Waals surface area (Å²) in [5, 5.41) is 8.76. The van der Waals surface area contributed by atoms with Crippen LogP contribution in [0, 0.1) is 0 Å². The Morgan fingerprint density at radius 1 is 1.21 bits per heavy atom. The zero-order valence-corrected chi connectivity index (χ0v) is 12.2. The first-order valence-electron chi connectivity index (χ1n) is 7.83. The molecule has 0 aromatic carbocycles. The minimum atomic E-state index is -0.689. The number of carboxylic acids is 1. The van der Waals surface area contributed by atoms with E-state index >= 15 is 0 Å². The number of hydrogen-bond acceptors (Lipinski definition) is 3. The van der Waals surface area contributed by atoms with E-state index in [1.807, 2.05) is 0 Å². The molecule has 0 bridgehead atoms. The molecule has 1 aliphatic carbocycles. The molecule has 0 spiro atoms. The largest absolute Gasteiger partial charge is 0.481 e. The van der Waals surface area contributed by atoms with E-state index in [-0.39, 0.29) is 6.42 Å². The molecule has 2 fully saturated rings. The van der Waals surface area contributed by atoms with Crippen LogP contribution in [0.4, 0.5) is 0 Å². The monoisotopic (exact) mass is 268 g/mol. The topological polar surface area (TPSA) is 43.8 Å². The van der Waals surface area contributed by atoms with Gasteiger partial charge in [0.2, 0.25) is 0 Å². The van der Waals surface area contributed by atoms with Crippen molar-refractivity contribution < 1.29 is 9.90 Å². The molecule has 1 atom stereocenters. The molecule has 1 unspecified atom stereocenters. The van der Waals surface area contributed by atoms with Gasteiger partial charge in [-0.15, -0.1) is 0 Å². The van der Waals surface area contributed by atoms with E-state index in [0.29, 0.717) is 12.6 Å². The van der Waals surface area contributed by atoms with Gasteiger partial charge in [0, 0.05) is 31.7 Å². The van der Waals surface area contributed by atoms with Crippen LogP contribution in [0.5, 0.6) is 0 Å². The van der Waals surface area contributed by atoms with Crippen LogP contribution in [-0.4, -0.2) is 59.6 Å². The van der Waals surface area contributed by atoms with Gasteiger partial charge in [-0.3, -0.25) is 9.69 Å². The maximum atomic E-state index is 10.6. The molecular formula is C15H28N2O2. The van der Waals surface area contributed by atoms with Gasteiger partial charge in [-0.25, -0.2) is 0 Å². The van der Waals surface area contributed by atoms with Crippen LogP contribution in [0.25, 0.3) is 0 Å². The minimum absolute atomic E-state index is 0.260. The van der Waals surface area contributed by atoms with Crippen LogP contribution in [0.1, 0.15) is 51.4 Å². The van der Waals surface area contributed by atoms with Crippen molar-refractivity contribution in [1.82, 2.24) is 9.80 Å². The molecule has 1 heterocycles. The predicted octanol–water partition coefficient (Wildman–Crippen LogP) is 2.19. The number of carboxylic acid groups (broad SMARTS) is 1. The van der Waals surface area contributed by atoms with Crippen molar-refractivity contribution in [1.29, 1.82) is 0 Å². The first-order chi connectivity index (χ1) is 9.16. The fourth-order valence-electron chi connectivity index (χ4n) is 3.54. The van der Waals surface area contributed by atoms with E-state index in [4.69, 9.17) is 5.11 Å². The molecule has 4 nitrogen and oxygen atoms in total. The van der Waals surface area contributed by atoms with Crippen molar-refractivity contribution in [3.8, 4) is 0 Å². The lowest BCUT2D eigenvalue weighted by Crippen LogP contribution is -2.39. The van der Waals surface area contributed by atoms with Gasteiger partial charge >= 0.3 is 5.97 Å². The zero-order chi connectivity index (χ0) is 13.7. The van der Waals surface area contributed by atoms with E-state index in [1.54, 1.807) is 0 Å². The van der Waals surface area contributed by atoms with Crippen LogP contribution < -0.4 is 0 Å². The van der Waals surface area contributed by atoms with Crippen LogP contribution in [0.2, 0.25) is 0 Å². The number of likely N-dealkylation sites (N-methyl/N-ethyl adjacent to an activating group) is 1. The van der Waals surface area contributed by atoms with E-state index in [2.05, 4.69) is 16.8 Å². The highest BCUT2D eigenvalue weighted by atomic mass is 16.4. The molecule has 110 valence electrons. The second-order valence-electron chi connectivity index (χ2n) is 6.21. The first-order valence-corrected chi connectivity index (χ1v) is 7.83. The summed E-state index contributed by atoms with van der Waals surface area (Å²) in [4.78, 5) is 15.5. The summed E-state index contributed by atoms with van der Waals surface area (Å²) < 4.78 is 0. The number of likely N-dealkylation sites (tertiary alicyclic amines) is 1. The Morgan fingerprint density at radius 2 is 1.89 bits per heavy atom. The molecular weight excluding hydrogens is 240 g/mol. The quantitative estimate of drug-likeness (QED) is 0.776. The van der Waals surface area contributed by atoms with Crippen molar-refractivity contribution in [3.05, 3.63) is 0 Å². The highest BCUT2D eigenvalue weighted by molar-refractivity contribution is 5.66. The van der Waals surface area contributed by atoms with Gasteiger partial charge in [-0.2, -0.15) is 0 Å². The van der Waals surface area contributed by atoms with Gasteiger partial charge in [0.25, 0.3) is 0 Å². The smallest absolute Gasteiger partial charge is 0.304 e. The maximum Gasteiger partial charge on any atom is 0.304 e. The molecule has 0 aromatic rings. The molecule has 0 aromatic heterocycles. The summed E-state index contributed by atoms with van der Waals surface area (Å²) in [6.07, 6.45) is 9.79. The van der Waals surface area contributed by atoms with Gasteiger partial charge in [0.05, 0.1) is 6.42 Å². The summed E-state index contributed by atoms with van der Waals surface area (Å²) >= 11 is 0. The number of carbonyl (C=O) groups is 1. The second kappa shape index (κ2) is 7.25. The fourth-order valence-corrected chi connectivity index (χ4v) is 3.54. The summed E-state index contributed by atoms with van der Waals surface area (Å²) in [6, 6.07) is 1.35. The van der Waals surface area contributed by atoms with Gasteiger partial charge in [-0.05, 0) is 26.3 Å². The van der Waals surface area contributed by atoms with Gasteiger partial charge < -0.3 is 10.0 Å². The summed E-state index contributed by atoms with van der Waals surface area (Å²) in [5.74, 6) is -0.689.